The van der Waals surface area contributed by atoms with Gasteiger partial charge in [0.1, 0.15) is 11.3 Å². The van der Waals surface area contributed by atoms with Crippen LogP contribution in [0.15, 0.2) is 50.8 Å². The Morgan fingerprint density at radius 3 is 2.70 bits per heavy atom. The van der Waals surface area contributed by atoms with Crippen LogP contribution >= 0.6 is 23.1 Å². The molecule has 0 fully saturated rings. The average Bonchev–Trinajstić information content (AvgIpc) is 2.97. The minimum absolute atomic E-state index is 0.0252. The van der Waals surface area contributed by atoms with E-state index in [2.05, 4.69) is 10.2 Å². The van der Waals surface area contributed by atoms with Crippen molar-refractivity contribution in [2.45, 2.75) is 23.1 Å². The lowest BCUT2D eigenvalue weighted by molar-refractivity contribution is -0.115. The predicted molar refractivity (Wildman–Crippen MR) is 78.8 cm³/mol. The van der Waals surface area contributed by atoms with E-state index in [-0.39, 0.29) is 17.5 Å². The van der Waals surface area contributed by atoms with Gasteiger partial charge in [0.25, 0.3) is 0 Å². The van der Waals surface area contributed by atoms with E-state index in [1.807, 2.05) is 30.3 Å². The lowest BCUT2D eigenvalue weighted by Crippen LogP contribution is -2.16. The number of aromatic nitrogens is 2. The van der Waals surface area contributed by atoms with Gasteiger partial charge in [-0.05, 0) is 11.5 Å². The molecule has 6 heteroatoms. The van der Waals surface area contributed by atoms with Crippen LogP contribution in [0.1, 0.15) is 24.3 Å². The normalized spacial score (nSPS) is 19.4. The summed E-state index contributed by atoms with van der Waals surface area (Å²) in [5.74, 6) is 0.195. The number of rotatable bonds is 3. The number of aliphatic hydroxyl groups is 1. The quantitative estimate of drug-likeness (QED) is 0.939. The molecular weight excluding hydrogens is 292 g/mol. The van der Waals surface area contributed by atoms with Gasteiger partial charge in [0.2, 0.25) is 0 Å². The summed E-state index contributed by atoms with van der Waals surface area (Å²) in [6.07, 6.45) is 0.923. The maximum Gasteiger partial charge on any atom is 0.179 e. The van der Waals surface area contributed by atoms with E-state index < -0.39 is 0 Å². The summed E-state index contributed by atoms with van der Waals surface area (Å²) in [5, 5.41) is 17.8. The van der Waals surface area contributed by atoms with E-state index >= 15 is 0 Å². The number of ketones is 1. The first-order valence-electron chi connectivity index (χ1n) is 6.18. The van der Waals surface area contributed by atoms with Crippen LogP contribution in [-0.2, 0) is 4.79 Å². The van der Waals surface area contributed by atoms with Gasteiger partial charge in [0, 0.05) is 12.8 Å². The molecular formula is C14H12N2O2S2. The molecule has 1 aromatic heterocycles. The van der Waals surface area contributed by atoms with Crippen LogP contribution in [0.25, 0.3) is 0 Å². The van der Waals surface area contributed by atoms with Crippen LogP contribution in [-0.4, -0.2) is 21.1 Å². The van der Waals surface area contributed by atoms with Crippen molar-refractivity contribution < 1.29 is 9.90 Å². The Bertz CT molecular complexity index is 638. The van der Waals surface area contributed by atoms with Gasteiger partial charge in [-0.25, -0.2) is 0 Å². The monoisotopic (exact) mass is 304 g/mol. The largest absolute Gasteiger partial charge is 0.511 e. The van der Waals surface area contributed by atoms with Crippen molar-refractivity contribution in [1.29, 1.82) is 0 Å². The molecule has 0 aliphatic heterocycles. The molecule has 4 nitrogen and oxygen atoms in total. The van der Waals surface area contributed by atoms with Crippen molar-refractivity contribution in [1.82, 2.24) is 10.2 Å². The lowest BCUT2D eigenvalue weighted by Gasteiger charge is -2.22. The van der Waals surface area contributed by atoms with Gasteiger partial charge in [-0.15, -0.1) is 10.2 Å². The van der Waals surface area contributed by atoms with Crippen LogP contribution in [0.5, 0.6) is 0 Å². The molecule has 1 N–H and O–H groups in total. The Morgan fingerprint density at radius 1 is 1.25 bits per heavy atom. The minimum Gasteiger partial charge on any atom is -0.511 e. The summed E-state index contributed by atoms with van der Waals surface area (Å²) in [6, 6.07) is 9.83. The van der Waals surface area contributed by atoms with E-state index in [1.165, 1.54) is 23.1 Å². The smallest absolute Gasteiger partial charge is 0.179 e. The topological polar surface area (TPSA) is 63.1 Å². The zero-order chi connectivity index (χ0) is 13.9. The van der Waals surface area contributed by atoms with Crippen molar-refractivity contribution >= 4 is 28.9 Å². The fourth-order valence-electron chi connectivity index (χ4n) is 2.25. The molecule has 0 saturated carbocycles. The van der Waals surface area contributed by atoms with Gasteiger partial charge < -0.3 is 5.11 Å². The van der Waals surface area contributed by atoms with Crippen LogP contribution in [0, 0.1) is 0 Å². The lowest BCUT2D eigenvalue weighted by atomic mass is 9.86. The Balaban J connectivity index is 1.82. The third kappa shape index (κ3) is 2.76. The number of allylic oxidation sites excluding steroid dienone is 2. The van der Waals surface area contributed by atoms with Crippen molar-refractivity contribution in [3.63, 3.8) is 0 Å². The third-order valence-electron chi connectivity index (χ3n) is 3.19. The molecule has 2 aromatic rings. The molecule has 20 heavy (non-hydrogen) atoms. The van der Waals surface area contributed by atoms with Crippen LogP contribution in [0.2, 0.25) is 0 Å². The molecule has 0 bridgehead atoms. The zero-order valence-corrected chi connectivity index (χ0v) is 12.2. The molecule has 1 aromatic carbocycles. The Kier molecular flexibility index (Phi) is 3.84. The fraction of sp³-hybridized carbons (Fsp3) is 0.214. The Labute approximate surface area is 124 Å². The molecule has 0 saturated heterocycles. The van der Waals surface area contributed by atoms with Gasteiger partial charge in [0.15, 0.2) is 10.1 Å². The van der Waals surface area contributed by atoms with Crippen molar-refractivity contribution in [3.8, 4) is 0 Å². The molecule has 1 aliphatic rings. The van der Waals surface area contributed by atoms with Crippen molar-refractivity contribution in [3.05, 3.63) is 52.1 Å². The van der Waals surface area contributed by atoms with Crippen molar-refractivity contribution in [2.24, 2.45) is 0 Å². The number of carbonyl (C=O) groups is 1. The molecule has 0 spiro atoms. The number of Topliss-reactive ketones (excluding diaryl/α,β-unsaturated/α-hetero) is 1. The standard InChI is InChI=1S/C14H12N2O2S2/c17-11-6-10(9-4-2-1-3-5-9)7-12(18)13(11)20-14-16-15-8-19-14/h1-5,8,10,17H,6-7H2. The number of thioether (sulfide) groups is 1. The number of hydrogen-bond acceptors (Lipinski definition) is 6. The highest BCUT2D eigenvalue weighted by atomic mass is 32.2. The van der Waals surface area contributed by atoms with E-state index in [0.717, 1.165) is 5.56 Å². The highest BCUT2D eigenvalue weighted by molar-refractivity contribution is 8.05. The summed E-state index contributed by atoms with van der Waals surface area (Å²) in [4.78, 5) is 12.6. The second-order valence-corrected chi connectivity index (χ2v) is 6.61. The van der Waals surface area contributed by atoms with E-state index in [9.17, 15) is 9.90 Å². The molecule has 102 valence electrons. The average molecular weight is 304 g/mol. The SMILES string of the molecule is O=C1CC(c2ccccc2)CC(O)=C1Sc1nncs1. The third-order valence-corrected chi connectivity index (χ3v) is 5.13. The summed E-state index contributed by atoms with van der Waals surface area (Å²) in [7, 11) is 0. The number of hydrogen-bond donors (Lipinski definition) is 1. The molecule has 0 amide bonds. The molecule has 0 radical (unpaired) electrons. The van der Waals surface area contributed by atoms with Gasteiger partial charge >= 0.3 is 0 Å². The number of benzene rings is 1. The van der Waals surface area contributed by atoms with E-state index in [4.69, 9.17) is 0 Å². The summed E-state index contributed by atoms with van der Waals surface area (Å²) < 4.78 is 0.679. The van der Waals surface area contributed by atoms with Gasteiger partial charge in [-0.1, -0.05) is 53.4 Å². The first kappa shape index (κ1) is 13.3. The number of nitrogens with zero attached hydrogens (tertiary/aromatic N) is 2. The summed E-state index contributed by atoms with van der Waals surface area (Å²) in [5.41, 5.74) is 2.70. The molecule has 1 aliphatic carbocycles. The van der Waals surface area contributed by atoms with Gasteiger partial charge in [-0.2, -0.15) is 0 Å². The van der Waals surface area contributed by atoms with Crippen molar-refractivity contribution in [2.75, 3.05) is 0 Å². The van der Waals surface area contributed by atoms with Gasteiger partial charge in [0.05, 0.1) is 4.91 Å². The second kappa shape index (κ2) is 5.76. The Morgan fingerprint density at radius 2 is 2.05 bits per heavy atom. The van der Waals surface area contributed by atoms with E-state index in [0.29, 0.717) is 22.1 Å². The molecule has 3 rings (SSSR count). The Hall–Kier alpha value is -1.66. The molecule has 1 unspecified atom stereocenters. The summed E-state index contributed by atoms with van der Waals surface area (Å²) in [6.45, 7) is 0. The summed E-state index contributed by atoms with van der Waals surface area (Å²) >= 11 is 2.57. The zero-order valence-electron chi connectivity index (χ0n) is 10.5. The highest BCUT2D eigenvalue weighted by Gasteiger charge is 2.29. The number of aliphatic hydroxyl groups excluding tert-OH is 1. The first-order valence-corrected chi connectivity index (χ1v) is 7.88. The molecule has 1 atom stereocenters. The fourth-order valence-corrected chi connectivity index (χ4v) is 3.76. The number of carbonyl (C=O) groups excluding carboxylic acids is 1. The first-order chi connectivity index (χ1) is 9.74. The van der Waals surface area contributed by atoms with Crippen LogP contribution in [0.3, 0.4) is 0 Å². The van der Waals surface area contributed by atoms with E-state index in [1.54, 1.807) is 5.51 Å². The van der Waals surface area contributed by atoms with Crippen LogP contribution in [0.4, 0.5) is 0 Å². The van der Waals surface area contributed by atoms with Gasteiger partial charge in [-0.3, -0.25) is 4.79 Å². The maximum atomic E-state index is 12.2. The highest BCUT2D eigenvalue weighted by Crippen LogP contribution is 2.40. The van der Waals surface area contributed by atoms with Crippen LogP contribution < -0.4 is 0 Å². The second-order valence-electron chi connectivity index (χ2n) is 4.52. The molecule has 1 heterocycles. The minimum atomic E-state index is -0.0252. The maximum absolute atomic E-state index is 12.2. The predicted octanol–water partition coefficient (Wildman–Crippen LogP) is 3.55.